The molecule has 1 saturated heterocycles. The van der Waals surface area contributed by atoms with Gasteiger partial charge in [0.1, 0.15) is 6.54 Å². The lowest BCUT2D eigenvalue weighted by Gasteiger charge is -2.19. The molecular formula is C19H24N2O3S. The Morgan fingerprint density at radius 1 is 1.28 bits per heavy atom. The van der Waals surface area contributed by atoms with Crippen LogP contribution in [-0.2, 0) is 14.4 Å². The molecule has 0 atom stereocenters. The van der Waals surface area contributed by atoms with E-state index in [0.29, 0.717) is 5.03 Å². The van der Waals surface area contributed by atoms with Crippen LogP contribution < -0.4 is 5.32 Å². The Hall–Kier alpha value is -2.08. The average molecular weight is 360 g/mol. The molecule has 0 saturated carbocycles. The summed E-state index contributed by atoms with van der Waals surface area (Å²) in [6.45, 7) is 9.25. The number of carbonyl (C=O) groups excluding carboxylic acids is 3. The van der Waals surface area contributed by atoms with Crippen molar-refractivity contribution in [2.45, 2.75) is 34.6 Å². The van der Waals surface area contributed by atoms with Crippen molar-refractivity contribution < 1.29 is 14.4 Å². The highest BCUT2D eigenvalue weighted by molar-refractivity contribution is 8.04. The number of hydrogen-bond acceptors (Lipinski definition) is 4. The molecule has 1 aliphatic heterocycles. The Kier molecular flexibility index (Phi) is 5.72. The van der Waals surface area contributed by atoms with Crippen LogP contribution in [0.1, 0.15) is 31.9 Å². The number of aryl methyl sites for hydroxylation is 2. The summed E-state index contributed by atoms with van der Waals surface area (Å²) in [6.07, 6.45) is 1.47. The number of benzene rings is 1. The molecule has 2 rings (SSSR count). The Labute approximate surface area is 152 Å². The molecule has 134 valence electrons. The molecular weight excluding hydrogens is 336 g/mol. The summed E-state index contributed by atoms with van der Waals surface area (Å²) in [4.78, 5) is 38.1. The highest BCUT2D eigenvalue weighted by atomic mass is 32.2. The van der Waals surface area contributed by atoms with Crippen LogP contribution >= 0.6 is 11.8 Å². The van der Waals surface area contributed by atoms with E-state index in [1.165, 1.54) is 22.7 Å². The number of allylic oxidation sites excluding steroid dienone is 1. The minimum absolute atomic E-state index is 0.0652. The van der Waals surface area contributed by atoms with E-state index in [1.54, 1.807) is 0 Å². The van der Waals surface area contributed by atoms with Gasteiger partial charge in [-0.2, -0.15) is 0 Å². The Morgan fingerprint density at radius 2 is 1.96 bits per heavy atom. The maximum Gasteiger partial charge on any atom is 0.244 e. The summed E-state index contributed by atoms with van der Waals surface area (Å²) in [5.74, 6) is -0.252. The first-order valence-electron chi connectivity index (χ1n) is 8.14. The van der Waals surface area contributed by atoms with Crippen LogP contribution in [0.3, 0.4) is 0 Å². The predicted octanol–water partition coefficient (Wildman–Crippen LogP) is 3.27. The molecule has 5 nitrogen and oxygen atoms in total. The van der Waals surface area contributed by atoms with Gasteiger partial charge in [-0.1, -0.05) is 44.7 Å². The van der Waals surface area contributed by atoms with Gasteiger partial charge in [0.25, 0.3) is 0 Å². The maximum atomic E-state index is 12.4. The summed E-state index contributed by atoms with van der Waals surface area (Å²) < 4.78 is 0. The maximum absolute atomic E-state index is 12.4. The van der Waals surface area contributed by atoms with Crippen molar-refractivity contribution in [3.63, 3.8) is 0 Å². The first-order chi connectivity index (χ1) is 11.6. The van der Waals surface area contributed by atoms with Gasteiger partial charge >= 0.3 is 0 Å². The Bertz CT molecular complexity index is 748. The van der Waals surface area contributed by atoms with Crippen LogP contribution in [0, 0.1) is 19.3 Å². The van der Waals surface area contributed by atoms with Crippen LogP contribution in [0.15, 0.2) is 29.3 Å². The highest BCUT2D eigenvalue weighted by Crippen LogP contribution is 2.30. The number of thioether (sulfide) groups is 1. The molecule has 0 aromatic heterocycles. The lowest BCUT2D eigenvalue weighted by atomic mass is 9.91. The number of ketones is 1. The van der Waals surface area contributed by atoms with Gasteiger partial charge in [0.2, 0.25) is 11.8 Å². The number of nitrogens with zero attached hydrogens (tertiary/aromatic N) is 1. The normalized spacial score (nSPS) is 16.4. The minimum Gasteiger partial charge on any atom is -0.324 e. The molecule has 0 radical (unpaired) electrons. The van der Waals surface area contributed by atoms with Crippen molar-refractivity contribution in [1.82, 2.24) is 4.90 Å². The Balaban J connectivity index is 2.12. The second-order valence-electron chi connectivity index (χ2n) is 7.23. The van der Waals surface area contributed by atoms with Crippen LogP contribution in [0.2, 0.25) is 0 Å². The summed E-state index contributed by atoms with van der Waals surface area (Å²) in [7, 11) is 0. The van der Waals surface area contributed by atoms with Crippen molar-refractivity contribution in [3.05, 3.63) is 40.4 Å². The van der Waals surface area contributed by atoms with Crippen molar-refractivity contribution in [2.24, 2.45) is 5.41 Å². The fourth-order valence-electron chi connectivity index (χ4n) is 2.23. The molecule has 1 N–H and O–H groups in total. The van der Waals surface area contributed by atoms with E-state index < -0.39 is 5.41 Å². The third-order valence-electron chi connectivity index (χ3n) is 3.87. The molecule has 0 spiro atoms. The van der Waals surface area contributed by atoms with Gasteiger partial charge in [0.05, 0.1) is 10.8 Å². The monoisotopic (exact) mass is 360 g/mol. The molecule has 0 aliphatic carbocycles. The van der Waals surface area contributed by atoms with Gasteiger partial charge in [0.15, 0.2) is 5.78 Å². The number of nitrogens with one attached hydrogen (secondary N) is 1. The van der Waals surface area contributed by atoms with Crippen molar-refractivity contribution >= 4 is 35.0 Å². The zero-order valence-corrected chi connectivity index (χ0v) is 16.1. The quantitative estimate of drug-likeness (QED) is 0.837. The molecule has 2 amide bonds. The van der Waals surface area contributed by atoms with E-state index in [0.717, 1.165) is 16.8 Å². The van der Waals surface area contributed by atoms with Gasteiger partial charge in [-0.15, -0.1) is 0 Å². The second kappa shape index (κ2) is 7.44. The molecule has 1 aliphatic rings. The third-order valence-corrected chi connectivity index (χ3v) is 4.90. The molecule has 0 bridgehead atoms. The minimum atomic E-state index is -0.522. The molecule has 6 heteroatoms. The predicted molar refractivity (Wildman–Crippen MR) is 101 cm³/mol. The lowest BCUT2D eigenvalue weighted by Crippen LogP contribution is -2.34. The van der Waals surface area contributed by atoms with Crippen molar-refractivity contribution in [2.75, 3.05) is 17.6 Å². The van der Waals surface area contributed by atoms with Crippen molar-refractivity contribution in [1.29, 1.82) is 0 Å². The van der Waals surface area contributed by atoms with Gasteiger partial charge < -0.3 is 5.32 Å². The van der Waals surface area contributed by atoms with Crippen LogP contribution in [0.5, 0.6) is 0 Å². The van der Waals surface area contributed by atoms with Gasteiger partial charge in [-0.3, -0.25) is 19.3 Å². The SMILES string of the molecule is Cc1ccc(C)c(NC(=O)CN2C(=O)CS/C2=C\C(=O)C(C)(C)C)c1. The van der Waals surface area contributed by atoms with E-state index in [1.807, 2.05) is 52.8 Å². The van der Waals surface area contributed by atoms with Gasteiger partial charge in [0, 0.05) is 17.2 Å². The smallest absolute Gasteiger partial charge is 0.244 e. The fraction of sp³-hybridized carbons (Fsp3) is 0.421. The molecule has 1 fully saturated rings. The van der Waals surface area contributed by atoms with Crippen LogP contribution in [0.25, 0.3) is 0 Å². The first kappa shape index (κ1) is 19.2. The third kappa shape index (κ3) is 4.95. The van der Waals surface area contributed by atoms with Gasteiger partial charge in [-0.25, -0.2) is 0 Å². The number of amides is 2. The van der Waals surface area contributed by atoms with Gasteiger partial charge in [-0.05, 0) is 31.0 Å². The molecule has 25 heavy (non-hydrogen) atoms. The number of carbonyl (C=O) groups is 3. The Morgan fingerprint density at radius 3 is 2.60 bits per heavy atom. The van der Waals surface area contributed by atoms with E-state index >= 15 is 0 Å². The molecule has 1 heterocycles. The van der Waals surface area contributed by atoms with E-state index in [2.05, 4.69) is 5.32 Å². The van der Waals surface area contributed by atoms with E-state index in [4.69, 9.17) is 0 Å². The summed E-state index contributed by atoms with van der Waals surface area (Å²) in [5, 5.41) is 3.39. The second-order valence-corrected chi connectivity index (χ2v) is 8.23. The first-order valence-corrected chi connectivity index (χ1v) is 9.13. The molecule has 0 unspecified atom stereocenters. The largest absolute Gasteiger partial charge is 0.324 e. The topological polar surface area (TPSA) is 66.5 Å². The number of rotatable bonds is 4. The van der Waals surface area contributed by atoms with E-state index in [-0.39, 0.29) is 29.9 Å². The number of anilines is 1. The number of hydrogen-bond donors (Lipinski definition) is 1. The van der Waals surface area contributed by atoms with Crippen LogP contribution in [-0.4, -0.2) is 34.8 Å². The highest BCUT2D eigenvalue weighted by Gasteiger charge is 2.30. The summed E-state index contributed by atoms with van der Waals surface area (Å²) >= 11 is 1.29. The molecule has 1 aromatic carbocycles. The fourth-order valence-corrected chi connectivity index (χ4v) is 3.17. The zero-order valence-electron chi connectivity index (χ0n) is 15.3. The standard InChI is InChI=1S/C19H24N2O3S/c1-12-6-7-13(2)14(8-12)20-16(23)10-21-17(24)11-25-18(21)9-15(22)19(3,4)5/h6-9H,10-11H2,1-5H3,(H,20,23)/b18-9-. The van der Waals surface area contributed by atoms with E-state index in [9.17, 15) is 14.4 Å². The van der Waals surface area contributed by atoms with Crippen molar-refractivity contribution in [3.8, 4) is 0 Å². The zero-order chi connectivity index (χ0) is 18.8. The average Bonchev–Trinajstić information content (AvgIpc) is 2.83. The summed E-state index contributed by atoms with van der Waals surface area (Å²) in [5.41, 5.74) is 2.22. The molecule has 1 aromatic rings. The summed E-state index contributed by atoms with van der Waals surface area (Å²) in [6, 6.07) is 5.81. The van der Waals surface area contributed by atoms with Crippen LogP contribution in [0.4, 0.5) is 5.69 Å². The lowest BCUT2D eigenvalue weighted by molar-refractivity contribution is -0.129.